The summed E-state index contributed by atoms with van der Waals surface area (Å²) in [6.07, 6.45) is 4.88. The molecule has 0 aromatic heterocycles. The van der Waals surface area contributed by atoms with Crippen LogP contribution in [0.25, 0.3) is 0 Å². The van der Waals surface area contributed by atoms with E-state index in [-0.39, 0.29) is 5.60 Å². The van der Waals surface area contributed by atoms with Gasteiger partial charge in [-0.15, -0.1) is 0 Å². The molecule has 6 atom stereocenters. The molecule has 2 heteroatoms. The van der Waals surface area contributed by atoms with Crippen LogP contribution in [0.2, 0.25) is 0 Å². The molecule has 1 N–H and O–H groups in total. The lowest BCUT2D eigenvalue weighted by atomic mass is 9.76. The standard InChI is InChI=1S/C15H26O2/c1-9(2)10-5-8-15(4)11-6-7-14(3,16)12(11)13(10)17-15/h9-13,16H,5-8H2,1-4H3/t10-,11+,12-,13+,14-,15-/m0/s1. The molecule has 2 bridgehead atoms. The molecular weight excluding hydrogens is 212 g/mol. The Hall–Kier alpha value is -0.0800. The first-order chi connectivity index (χ1) is 7.85. The quantitative estimate of drug-likeness (QED) is 0.761. The zero-order chi connectivity index (χ0) is 12.4. The highest BCUT2D eigenvalue weighted by molar-refractivity contribution is 5.13. The Morgan fingerprint density at radius 3 is 2.53 bits per heavy atom. The van der Waals surface area contributed by atoms with Crippen LogP contribution in [-0.4, -0.2) is 22.4 Å². The summed E-state index contributed by atoms with van der Waals surface area (Å²) in [7, 11) is 0. The zero-order valence-corrected chi connectivity index (χ0v) is 11.6. The third-order valence-corrected chi connectivity index (χ3v) is 5.91. The van der Waals surface area contributed by atoms with Crippen LogP contribution in [0.5, 0.6) is 0 Å². The van der Waals surface area contributed by atoms with E-state index in [1.807, 2.05) is 6.92 Å². The summed E-state index contributed by atoms with van der Waals surface area (Å²) < 4.78 is 6.40. The van der Waals surface area contributed by atoms with Gasteiger partial charge in [-0.05, 0) is 57.3 Å². The smallest absolute Gasteiger partial charge is 0.0691 e. The maximum absolute atomic E-state index is 10.6. The van der Waals surface area contributed by atoms with Crippen molar-refractivity contribution in [1.29, 1.82) is 0 Å². The van der Waals surface area contributed by atoms with Crippen LogP contribution in [0.15, 0.2) is 0 Å². The molecule has 17 heavy (non-hydrogen) atoms. The summed E-state index contributed by atoms with van der Waals surface area (Å²) in [4.78, 5) is 0. The Labute approximate surface area is 105 Å². The molecule has 1 saturated carbocycles. The Morgan fingerprint density at radius 2 is 1.88 bits per heavy atom. The predicted octanol–water partition coefficient (Wildman–Crippen LogP) is 2.99. The minimum atomic E-state index is -0.495. The van der Waals surface area contributed by atoms with Gasteiger partial charge in [-0.1, -0.05) is 13.8 Å². The monoisotopic (exact) mass is 238 g/mol. The molecular formula is C15H26O2. The lowest BCUT2D eigenvalue weighted by molar-refractivity contribution is -0.134. The Kier molecular flexibility index (Phi) is 2.45. The molecule has 2 heterocycles. The second-order valence-corrected chi connectivity index (χ2v) is 7.37. The Morgan fingerprint density at radius 1 is 1.18 bits per heavy atom. The molecule has 0 unspecified atom stereocenters. The van der Waals surface area contributed by atoms with Gasteiger partial charge in [0.2, 0.25) is 0 Å². The van der Waals surface area contributed by atoms with Gasteiger partial charge in [-0.25, -0.2) is 0 Å². The first kappa shape index (κ1) is 12.0. The molecule has 2 nitrogen and oxygen atoms in total. The van der Waals surface area contributed by atoms with E-state index in [9.17, 15) is 5.11 Å². The SMILES string of the molecule is CC(C)[C@@H]1CC[C@]2(C)O[C@H]1[C@@H]1[C@H]2CC[C@]1(C)O. The van der Waals surface area contributed by atoms with Gasteiger partial charge in [0, 0.05) is 5.92 Å². The average molecular weight is 238 g/mol. The molecule has 3 fully saturated rings. The van der Waals surface area contributed by atoms with Crippen LogP contribution < -0.4 is 0 Å². The van der Waals surface area contributed by atoms with Crippen LogP contribution in [-0.2, 0) is 4.74 Å². The third kappa shape index (κ3) is 1.53. The van der Waals surface area contributed by atoms with Gasteiger partial charge in [0.05, 0.1) is 17.3 Å². The first-order valence-electron chi connectivity index (χ1n) is 7.25. The van der Waals surface area contributed by atoms with E-state index in [0.29, 0.717) is 29.8 Å². The molecule has 2 saturated heterocycles. The minimum Gasteiger partial charge on any atom is -0.390 e. The second-order valence-electron chi connectivity index (χ2n) is 7.37. The summed E-state index contributed by atoms with van der Waals surface area (Å²) in [5.74, 6) is 2.27. The highest BCUT2D eigenvalue weighted by atomic mass is 16.5. The maximum atomic E-state index is 10.6. The average Bonchev–Trinajstić information content (AvgIpc) is 2.64. The number of fused-ring (bicyclic) bond motifs is 5. The van der Waals surface area contributed by atoms with E-state index in [0.717, 1.165) is 12.8 Å². The van der Waals surface area contributed by atoms with Gasteiger partial charge in [0.1, 0.15) is 0 Å². The number of hydrogen-bond donors (Lipinski definition) is 1. The number of ether oxygens (including phenoxy) is 1. The zero-order valence-electron chi connectivity index (χ0n) is 11.6. The molecule has 0 aromatic rings. The Bertz CT molecular complexity index is 323. The summed E-state index contributed by atoms with van der Waals surface area (Å²) in [5, 5.41) is 10.6. The van der Waals surface area contributed by atoms with Crippen molar-refractivity contribution in [2.24, 2.45) is 23.7 Å². The molecule has 98 valence electrons. The second kappa shape index (κ2) is 3.48. The van der Waals surface area contributed by atoms with Gasteiger partial charge in [0.25, 0.3) is 0 Å². The highest BCUT2D eigenvalue weighted by Gasteiger charge is 2.64. The minimum absolute atomic E-state index is 0.0568. The van der Waals surface area contributed by atoms with E-state index in [1.54, 1.807) is 0 Å². The van der Waals surface area contributed by atoms with Crippen molar-refractivity contribution in [3.05, 3.63) is 0 Å². The fourth-order valence-electron chi connectivity index (χ4n) is 4.90. The molecule has 0 spiro atoms. The van der Waals surface area contributed by atoms with E-state index in [1.165, 1.54) is 12.8 Å². The predicted molar refractivity (Wildman–Crippen MR) is 67.7 cm³/mol. The molecule has 1 aliphatic carbocycles. The van der Waals surface area contributed by atoms with Crippen molar-refractivity contribution in [3.63, 3.8) is 0 Å². The third-order valence-electron chi connectivity index (χ3n) is 5.91. The molecule has 3 rings (SSSR count). The van der Waals surface area contributed by atoms with Crippen LogP contribution in [0, 0.1) is 23.7 Å². The van der Waals surface area contributed by atoms with Crippen molar-refractivity contribution in [2.45, 2.75) is 70.7 Å². The summed E-state index contributed by atoms with van der Waals surface area (Å²) >= 11 is 0. The van der Waals surface area contributed by atoms with Crippen molar-refractivity contribution >= 4 is 0 Å². The van der Waals surface area contributed by atoms with Crippen molar-refractivity contribution in [3.8, 4) is 0 Å². The lowest BCUT2D eigenvalue weighted by Crippen LogP contribution is -2.43. The van der Waals surface area contributed by atoms with Crippen molar-refractivity contribution in [1.82, 2.24) is 0 Å². The number of aliphatic hydroxyl groups is 1. The number of rotatable bonds is 1. The molecule has 3 aliphatic rings. The van der Waals surface area contributed by atoms with Crippen molar-refractivity contribution in [2.75, 3.05) is 0 Å². The van der Waals surface area contributed by atoms with E-state index >= 15 is 0 Å². The van der Waals surface area contributed by atoms with E-state index in [4.69, 9.17) is 4.74 Å². The van der Waals surface area contributed by atoms with Crippen LogP contribution in [0.4, 0.5) is 0 Å². The maximum Gasteiger partial charge on any atom is 0.0691 e. The number of hydrogen-bond acceptors (Lipinski definition) is 2. The fourth-order valence-corrected chi connectivity index (χ4v) is 4.90. The molecule has 0 amide bonds. The van der Waals surface area contributed by atoms with Crippen molar-refractivity contribution < 1.29 is 9.84 Å². The van der Waals surface area contributed by atoms with Gasteiger partial charge < -0.3 is 9.84 Å². The van der Waals surface area contributed by atoms with Gasteiger partial charge in [-0.3, -0.25) is 0 Å². The van der Waals surface area contributed by atoms with Gasteiger partial charge in [0.15, 0.2) is 0 Å². The lowest BCUT2D eigenvalue weighted by Gasteiger charge is -2.40. The normalized spacial score (nSPS) is 57.5. The fraction of sp³-hybridized carbons (Fsp3) is 1.00. The molecule has 0 aromatic carbocycles. The van der Waals surface area contributed by atoms with Crippen LogP contribution in [0.3, 0.4) is 0 Å². The summed E-state index contributed by atoms with van der Waals surface area (Å²) in [5.41, 5.74) is -0.439. The Balaban J connectivity index is 1.96. The summed E-state index contributed by atoms with van der Waals surface area (Å²) in [6, 6.07) is 0. The first-order valence-corrected chi connectivity index (χ1v) is 7.25. The van der Waals surface area contributed by atoms with Gasteiger partial charge in [-0.2, -0.15) is 0 Å². The van der Waals surface area contributed by atoms with E-state index < -0.39 is 5.60 Å². The molecule has 2 aliphatic heterocycles. The largest absolute Gasteiger partial charge is 0.390 e. The van der Waals surface area contributed by atoms with E-state index in [2.05, 4.69) is 20.8 Å². The van der Waals surface area contributed by atoms with Gasteiger partial charge >= 0.3 is 0 Å². The van der Waals surface area contributed by atoms with Crippen LogP contribution >= 0.6 is 0 Å². The topological polar surface area (TPSA) is 29.5 Å². The molecule has 0 radical (unpaired) electrons. The summed E-state index contributed by atoms with van der Waals surface area (Å²) in [6.45, 7) is 8.91. The highest BCUT2D eigenvalue weighted by Crippen LogP contribution is 2.61. The van der Waals surface area contributed by atoms with Crippen LogP contribution in [0.1, 0.15) is 53.4 Å².